The van der Waals surface area contributed by atoms with E-state index in [9.17, 15) is 0 Å². The highest BCUT2D eigenvalue weighted by Gasteiger charge is 2.08. The Balaban J connectivity index is 2.24. The zero-order chi connectivity index (χ0) is 11.8. The van der Waals surface area contributed by atoms with Gasteiger partial charge in [-0.05, 0) is 25.1 Å². The molecule has 0 fully saturated rings. The Bertz CT molecular complexity index is 676. The summed E-state index contributed by atoms with van der Waals surface area (Å²) >= 11 is 6.10. The fraction of sp³-hybridized carbons (Fsp3) is 0.0833. The quantitative estimate of drug-likeness (QED) is 0.618. The molecule has 0 atom stereocenters. The number of pyridine rings is 1. The summed E-state index contributed by atoms with van der Waals surface area (Å²) in [7, 11) is 0. The van der Waals surface area contributed by atoms with E-state index in [0.717, 1.165) is 22.7 Å². The molecule has 0 aliphatic rings. The van der Waals surface area contributed by atoms with Gasteiger partial charge in [0.2, 0.25) is 0 Å². The summed E-state index contributed by atoms with van der Waals surface area (Å²) in [6.07, 6.45) is 1.74. The van der Waals surface area contributed by atoms with Gasteiger partial charge >= 0.3 is 0 Å². The van der Waals surface area contributed by atoms with Crippen molar-refractivity contribution in [2.75, 3.05) is 0 Å². The molecule has 0 aliphatic carbocycles. The molecule has 0 aromatic carbocycles. The first-order valence-electron chi connectivity index (χ1n) is 5.18. The summed E-state index contributed by atoms with van der Waals surface area (Å²) in [6, 6.07) is 9.36. The topological polar surface area (TPSA) is 43.1 Å². The molecule has 5 heteroatoms. The van der Waals surface area contributed by atoms with E-state index in [-0.39, 0.29) is 0 Å². The van der Waals surface area contributed by atoms with Crippen LogP contribution in [0.1, 0.15) is 5.69 Å². The van der Waals surface area contributed by atoms with Crippen LogP contribution in [0.25, 0.3) is 17.0 Å². The van der Waals surface area contributed by atoms with Crippen molar-refractivity contribution < 1.29 is 0 Å². The van der Waals surface area contributed by atoms with E-state index in [4.69, 9.17) is 11.6 Å². The molecule has 0 bridgehead atoms. The first-order chi connectivity index (χ1) is 8.24. The van der Waals surface area contributed by atoms with Crippen molar-refractivity contribution in [2.24, 2.45) is 0 Å². The molecule has 0 unspecified atom stereocenters. The lowest BCUT2D eigenvalue weighted by Crippen LogP contribution is -1.93. The molecule has 3 aromatic rings. The van der Waals surface area contributed by atoms with Crippen molar-refractivity contribution in [3.8, 4) is 11.4 Å². The van der Waals surface area contributed by atoms with E-state index < -0.39 is 0 Å². The minimum atomic E-state index is 0.551. The highest BCUT2D eigenvalue weighted by molar-refractivity contribution is 6.29. The number of hydrogen-bond donors (Lipinski definition) is 0. The zero-order valence-electron chi connectivity index (χ0n) is 9.13. The van der Waals surface area contributed by atoms with Crippen LogP contribution in [0.2, 0.25) is 5.15 Å². The molecule has 17 heavy (non-hydrogen) atoms. The minimum absolute atomic E-state index is 0.551. The van der Waals surface area contributed by atoms with Crippen molar-refractivity contribution in [1.82, 2.24) is 19.6 Å². The van der Waals surface area contributed by atoms with Crippen LogP contribution in [0.15, 0.2) is 36.5 Å². The van der Waals surface area contributed by atoms with Crippen molar-refractivity contribution in [3.63, 3.8) is 0 Å². The summed E-state index contributed by atoms with van der Waals surface area (Å²) in [6.45, 7) is 1.90. The smallest absolute Gasteiger partial charge is 0.157 e. The van der Waals surface area contributed by atoms with Gasteiger partial charge in [-0.3, -0.25) is 4.98 Å². The number of hydrogen-bond acceptors (Lipinski definition) is 3. The normalized spacial score (nSPS) is 10.9. The molecule has 0 saturated heterocycles. The third-order valence-corrected chi connectivity index (χ3v) is 2.71. The van der Waals surface area contributed by atoms with E-state index >= 15 is 0 Å². The molecule has 0 aliphatic heterocycles. The number of aryl methyl sites for hydroxylation is 1. The van der Waals surface area contributed by atoms with Crippen LogP contribution in [-0.2, 0) is 0 Å². The standard InChI is InChI=1S/C12H9ClN4/c1-8-6-11(13)17-12(15-8)7-10(16-17)9-4-2-3-5-14-9/h2-7H,1H3. The van der Waals surface area contributed by atoms with Gasteiger partial charge in [-0.2, -0.15) is 5.10 Å². The van der Waals surface area contributed by atoms with Crippen LogP contribution >= 0.6 is 11.6 Å². The first-order valence-corrected chi connectivity index (χ1v) is 5.56. The lowest BCUT2D eigenvalue weighted by molar-refractivity contribution is 0.931. The summed E-state index contributed by atoms with van der Waals surface area (Å²) in [5, 5.41) is 4.93. The maximum atomic E-state index is 6.10. The third kappa shape index (κ3) is 1.76. The van der Waals surface area contributed by atoms with E-state index in [0.29, 0.717) is 5.15 Å². The fourth-order valence-corrected chi connectivity index (χ4v) is 1.98. The number of aromatic nitrogens is 4. The monoisotopic (exact) mass is 244 g/mol. The van der Waals surface area contributed by atoms with Crippen LogP contribution in [0.5, 0.6) is 0 Å². The van der Waals surface area contributed by atoms with Crippen molar-refractivity contribution in [2.45, 2.75) is 6.92 Å². The first kappa shape index (κ1) is 10.2. The Hall–Kier alpha value is -1.94. The zero-order valence-corrected chi connectivity index (χ0v) is 9.89. The number of halogens is 1. The van der Waals surface area contributed by atoms with Gasteiger partial charge in [0.1, 0.15) is 10.8 Å². The molecular weight excluding hydrogens is 236 g/mol. The predicted molar refractivity (Wildman–Crippen MR) is 66.0 cm³/mol. The third-order valence-electron chi connectivity index (χ3n) is 2.44. The number of fused-ring (bicyclic) bond motifs is 1. The second-order valence-electron chi connectivity index (χ2n) is 3.73. The number of nitrogens with zero attached hydrogens (tertiary/aromatic N) is 4. The highest BCUT2D eigenvalue weighted by atomic mass is 35.5. The lowest BCUT2D eigenvalue weighted by Gasteiger charge is -1.97. The van der Waals surface area contributed by atoms with Crippen molar-refractivity contribution in [1.29, 1.82) is 0 Å². The van der Waals surface area contributed by atoms with Crippen LogP contribution < -0.4 is 0 Å². The summed E-state index contributed by atoms with van der Waals surface area (Å²) in [5.41, 5.74) is 3.18. The Labute approximate surface area is 103 Å². The average molecular weight is 245 g/mol. The van der Waals surface area contributed by atoms with Gasteiger partial charge in [-0.15, -0.1) is 0 Å². The van der Waals surface area contributed by atoms with Crippen molar-refractivity contribution >= 4 is 17.2 Å². The molecule has 4 nitrogen and oxygen atoms in total. The van der Waals surface area contributed by atoms with Crippen LogP contribution in [0.4, 0.5) is 0 Å². The van der Waals surface area contributed by atoms with Gasteiger partial charge < -0.3 is 0 Å². The maximum absolute atomic E-state index is 6.10. The maximum Gasteiger partial charge on any atom is 0.157 e. The molecule has 3 aromatic heterocycles. The minimum Gasteiger partial charge on any atom is -0.255 e. The molecule has 0 spiro atoms. The average Bonchev–Trinajstić information content (AvgIpc) is 2.74. The predicted octanol–water partition coefficient (Wildman–Crippen LogP) is 2.75. The SMILES string of the molecule is Cc1cc(Cl)n2nc(-c3ccccn3)cc2n1. The van der Waals surface area contributed by atoms with Crippen molar-refractivity contribution in [3.05, 3.63) is 47.4 Å². The Morgan fingerprint density at radius 1 is 1.18 bits per heavy atom. The Morgan fingerprint density at radius 2 is 2.06 bits per heavy atom. The highest BCUT2D eigenvalue weighted by Crippen LogP contribution is 2.19. The van der Waals surface area contributed by atoms with Gasteiger partial charge in [0.25, 0.3) is 0 Å². The Morgan fingerprint density at radius 3 is 2.82 bits per heavy atom. The summed E-state index contributed by atoms with van der Waals surface area (Å²) in [4.78, 5) is 8.62. The number of rotatable bonds is 1. The second-order valence-corrected chi connectivity index (χ2v) is 4.12. The van der Waals surface area contributed by atoms with Crippen LogP contribution in [0.3, 0.4) is 0 Å². The molecule has 0 saturated carbocycles. The second kappa shape index (κ2) is 3.82. The lowest BCUT2D eigenvalue weighted by atomic mass is 10.3. The molecule has 3 heterocycles. The molecule has 3 rings (SSSR count). The van der Waals surface area contributed by atoms with Gasteiger partial charge in [-0.25, -0.2) is 9.50 Å². The van der Waals surface area contributed by atoms with Gasteiger partial charge in [0.15, 0.2) is 5.65 Å². The van der Waals surface area contributed by atoms with Gasteiger partial charge in [0, 0.05) is 18.0 Å². The van der Waals surface area contributed by atoms with Gasteiger partial charge in [-0.1, -0.05) is 17.7 Å². The molecule has 0 amide bonds. The van der Waals surface area contributed by atoms with E-state index in [1.165, 1.54) is 0 Å². The molecule has 84 valence electrons. The molecule has 0 radical (unpaired) electrons. The van der Waals surface area contributed by atoms with E-state index in [2.05, 4.69) is 15.1 Å². The van der Waals surface area contributed by atoms with Crippen LogP contribution in [0, 0.1) is 6.92 Å². The molecular formula is C12H9ClN4. The fourth-order valence-electron chi connectivity index (χ4n) is 1.69. The van der Waals surface area contributed by atoms with E-state index in [1.54, 1.807) is 16.8 Å². The largest absolute Gasteiger partial charge is 0.255 e. The summed E-state index contributed by atoms with van der Waals surface area (Å²) in [5.74, 6) is 0. The Kier molecular flexibility index (Phi) is 2.30. The van der Waals surface area contributed by atoms with E-state index in [1.807, 2.05) is 31.2 Å². The van der Waals surface area contributed by atoms with Crippen LogP contribution in [-0.4, -0.2) is 19.6 Å². The van der Waals surface area contributed by atoms with Gasteiger partial charge in [0.05, 0.1) is 5.69 Å². The summed E-state index contributed by atoms with van der Waals surface area (Å²) < 4.78 is 1.61. The molecule has 0 N–H and O–H groups in total.